The highest BCUT2D eigenvalue weighted by atomic mass is 16.2. The van der Waals surface area contributed by atoms with Crippen molar-refractivity contribution in [1.29, 1.82) is 0 Å². The SMILES string of the molecule is CCC(C)CC(=O)N1CC(CCN)c2ccccc21. The first-order chi connectivity index (χ1) is 9.17. The molecule has 1 aliphatic rings. The van der Waals surface area contributed by atoms with Gasteiger partial charge in [0.05, 0.1) is 0 Å². The van der Waals surface area contributed by atoms with Gasteiger partial charge < -0.3 is 10.6 Å². The molecule has 1 heterocycles. The third-order valence-corrected chi connectivity index (χ3v) is 4.11. The van der Waals surface area contributed by atoms with Crippen molar-refractivity contribution < 1.29 is 4.79 Å². The third kappa shape index (κ3) is 2.98. The summed E-state index contributed by atoms with van der Waals surface area (Å²) in [5.41, 5.74) is 8.06. The summed E-state index contributed by atoms with van der Waals surface area (Å²) in [5.74, 6) is 1.11. The van der Waals surface area contributed by atoms with Gasteiger partial charge in [-0.1, -0.05) is 38.5 Å². The Bertz CT molecular complexity index is 444. The van der Waals surface area contributed by atoms with Crippen molar-refractivity contribution in [2.75, 3.05) is 18.0 Å². The van der Waals surface area contributed by atoms with Gasteiger partial charge >= 0.3 is 0 Å². The minimum Gasteiger partial charge on any atom is -0.330 e. The van der Waals surface area contributed by atoms with Crippen LogP contribution in [0.4, 0.5) is 5.69 Å². The van der Waals surface area contributed by atoms with Crippen LogP contribution in [-0.4, -0.2) is 19.0 Å². The molecule has 0 saturated carbocycles. The highest BCUT2D eigenvalue weighted by molar-refractivity contribution is 5.96. The summed E-state index contributed by atoms with van der Waals surface area (Å²) in [5, 5.41) is 0. The van der Waals surface area contributed by atoms with Gasteiger partial charge in [-0.3, -0.25) is 4.79 Å². The van der Waals surface area contributed by atoms with Crippen LogP contribution in [0.5, 0.6) is 0 Å². The number of nitrogens with two attached hydrogens (primary N) is 1. The molecular weight excluding hydrogens is 236 g/mol. The van der Waals surface area contributed by atoms with Gasteiger partial charge in [0.2, 0.25) is 5.91 Å². The number of carbonyl (C=O) groups is 1. The average molecular weight is 260 g/mol. The van der Waals surface area contributed by atoms with Crippen molar-refractivity contribution in [1.82, 2.24) is 0 Å². The van der Waals surface area contributed by atoms with Crippen LogP contribution in [0, 0.1) is 5.92 Å². The maximum absolute atomic E-state index is 12.4. The summed E-state index contributed by atoms with van der Waals surface area (Å²) in [6.45, 7) is 5.74. The number of nitrogens with zero attached hydrogens (tertiary/aromatic N) is 1. The van der Waals surface area contributed by atoms with Crippen LogP contribution >= 0.6 is 0 Å². The van der Waals surface area contributed by atoms with Crippen molar-refractivity contribution in [3.8, 4) is 0 Å². The Morgan fingerprint density at radius 1 is 1.47 bits per heavy atom. The fourth-order valence-electron chi connectivity index (χ4n) is 2.73. The van der Waals surface area contributed by atoms with Gasteiger partial charge in [0, 0.05) is 24.6 Å². The fraction of sp³-hybridized carbons (Fsp3) is 0.562. The largest absolute Gasteiger partial charge is 0.330 e. The van der Waals surface area contributed by atoms with Crippen molar-refractivity contribution in [2.45, 2.75) is 39.0 Å². The molecule has 0 spiro atoms. The topological polar surface area (TPSA) is 46.3 Å². The van der Waals surface area contributed by atoms with E-state index in [0.29, 0.717) is 24.8 Å². The maximum atomic E-state index is 12.4. The normalized spacial score (nSPS) is 19.3. The average Bonchev–Trinajstić information content (AvgIpc) is 2.78. The third-order valence-electron chi connectivity index (χ3n) is 4.11. The molecule has 1 aromatic carbocycles. The van der Waals surface area contributed by atoms with Crippen LogP contribution in [0.15, 0.2) is 24.3 Å². The molecule has 3 nitrogen and oxygen atoms in total. The van der Waals surface area contributed by atoms with Crippen molar-refractivity contribution >= 4 is 11.6 Å². The Balaban J connectivity index is 2.17. The van der Waals surface area contributed by atoms with Crippen molar-refractivity contribution in [2.24, 2.45) is 11.7 Å². The van der Waals surface area contributed by atoms with Gasteiger partial charge in [0.25, 0.3) is 0 Å². The zero-order valence-corrected chi connectivity index (χ0v) is 11.9. The molecule has 0 aliphatic carbocycles. The van der Waals surface area contributed by atoms with E-state index in [4.69, 9.17) is 5.73 Å². The predicted octanol–water partition coefficient (Wildman–Crippen LogP) is 2.90. The van der Waals surface area contributed by atoms with E-state index in [0.717, 1.165) is 25.1 Å². The van der Waals surface area contributed by atoms with Crippen molar-refractivity contribution in [3.63, 3.8) is 0 Å². The van der Waals surface area contributed by atoms with E-state index in [1.165, 1.54) is 5.56 Å². The first kappa shape index (κ1) is 14.1. The van der Waals surface area contributed by atoms with E-state index in [-0.39, 0.29) is 5.91 Å². The highest BCUT2D eigenvalue weighted by Gasteiger charge is 2.31. The molecule has 1 aromatic rings. The Labute approximate surface area is 115 Å². The monoisotopic (exact) mass is 260 g/mol. The van der Waals surface area contributed by atoms with Gasteiger partial charge in [0.15, 0.2) is 0 Å². The van der Waals surface area contributed by atoms with Crippen molar-refractivity contribution in [3.05, 3.63) is 29.8 Å². The zero-order valence-electron chi connectivity index (χ0n) is 11.9. The minimum atomic E-state index is 0.251. The molecule has 2 N–H and O–H groups in total. The molecule has 2 unspecified atom stereocenters. The number of rotatable bonds is 5. The second kappa shape index (κ2) is 6.20. The summed E-state index contributed by atoms with van der Waals surface area (Å²) in [7, 11) is 0. The second-order valence-electron chi connectivity index (χ2n) is 5.55. The maximum Gasteiger partial charge on any atom is 0.227 e. The lowest BCUT2D eigenvalue weighted by Crippen LogP contribution is -2.31. The lowest BCUT2D eigenvalue weighted by molar-refractivity contribution is -0.119. The van der Waals surface area contributed by atoms with E-state index in [1.807, 2.05) is 17.0 Å². The van der Waals surface area contributed by atoms with Gasteiger partial charge in [-0.05, 0) is 30.5 Å². The van der Waals surface area contributed by atoms with E-state index < -0.39 is 0 Å². The molecule has 0 fully saturated rings. The number of fused-ring (bicyclic) bond motifs is 1. The van der Waals surface area contributed by atoms with E-state index in [1.54, 1.807) is 0 Å². The van der Waals surface area contributed by atoms with Gasteiger partial charge in [0.1, 0.15) is 0 Å². The number of amides is 1. The first-order valence-corrected chi connectivity index (χ1v) is 7.26. The summed E-state index contributed by atoms with van der Waals surface area (Å²) in [6, 6.07) is 8.24. The van der Waals surface area contributed by atoms with Gasteiger partial charge in [-0.25, -0.2) is 0 Å². The molecule has 104 valence electrons. The number of para-hydroxylation sites is 1. The molecule has 2 atom stereocenters. The summed E-state index contributed by atoms with van der Waals surface area (Å²) < 4.78 is 0. The predicted molar refractivity (Wildman–Crippen MR) is 79.3 cm³/mol. The number of hydrogen-bond acceptors (Lipinski definition) is 2. The molecule has 1 aliphatic heterocycles. The van der Waals surface area contributed by atoms with E-state index in [9.17, 15) is 4.79 Å². The second-order valence-corrected chi connectivity index (χ2v) is 5.55. The van der Waals surface area contributed by atoms with Crippen LogP contribution in [0.1, 0.15) is 44.6 Å². The molecule has 3 heteroatoms. The lowest BCUT2D eigenvalue weighted by Gasteiger charge is -2.19. The number of hydrogen-bond donors (Lipinski definition) is 1. The molecule has 0 aromatic heterocycles. The molecule has 19 heavy (non-hydrogen) atoms. The first-order valence-electron chi connectivity index (χ1n) is 7.26. The minimum absolute atomic E-state index is 0.251. The van der Waals surface area contributed by atoms with Crippen LogP contribution in [-0.2, 0) is 4.79 Å². The summed E-state index contributed by atoms with van der Waals surface area (Å²) >= 11 is 0. The van der Waals surface area contributed by atoms with Crippen LogP contribution in [0.3, 0.4) is 0 Å². The Hall–Kier alpha value is -1.35. The van der Waals surface area contributed by atoms with Crippen LogP contribution < -0.4 is 10.6 Å². The van der Waals surface area contributed by atoms with Crippen LogP contribution in [0.2, 0.25) is 0 Å². The number of carbonyl (C=O) groups excluding carboxylic acids is 1. The number of benzene rings is 1. The molecule has 0 bridgehead atoms. The Kier molecular flexibility index (Phi) is 4.59. The summed E-state index contributed by atoms with van der Waals surface area (Å²) in [4.78, 5) is 14.4. The Morgan fingerprint density at radius 2 is 2.21 bits per heavy atom. The lowest BCUT2D eigenvalue weighted by atomic mass is 9.98. The molecule has 1 amide bonds. The smallest absolute Gasteiger partial charge is 0.227 e. The molecule has 0 saturated heterocycles. The molecule has 2 rings (SSSR count). The zero-order chi connectivity index (χ0) is 13.8. The summed E-state index contributed by atoms with van der Waals surface area (Å²) in [6.07, 6.45) is 2.64. The van der Waals surface area contributed by atoms with Gasteiger partial charge in [-0.2, -0.15) is 0 Å². The standard InChI is InChI=1S/C16H24N2O/c1-3-12(2)10-16(19)18-11-13(8-9-17)14-6-4-5-7-15(14)18/h4-7,12-13H,3,8-11,17H2,1-2H3. The quantitative estimate of drug-likeness (QED) is 0.884. The van der Waals surface area contributed by atoms with Crippen LogP contribution in [0.25, 0.3) is 0 Å². The van der Waals surface area contributed by atoms with E-state index >= 15 is 0 Å². The fourth-order valence-corrected chi connectivity index (χ4v) is 2.73. The molecule has 0 radical (unpaired) electrons. The number of anilines is 1. The van der Waals surface area contributed by atoms with E-state index in [2.05, 4.69) is 26.0 Å². The highest BCUT2D eigenvalue weighted by Crippen LogP contribution is 2.38. The molecular formula is C16H24N2O. The van der Waals surface area contributed by atoms with Gasteiger partial charge in [-0.15, -0.1) is 0 Å². The Morgan fingerprint density at radius 3 is 2.89 bits per heavy atom.